The first-order valence-electron chi connectivity index (χ1n) is 6.66. The standard InChI is InChI=1S/C16H15BrF3N/c1-2-8-21-16(10-4-3-5-11(18)9-10)14-13(19)7-6-12(17)15(14)20/h3-7,9,16,21H,2,8H2,1H3. The van der Waals surface area contributed by atoms with Crippen molar-refractivity contribution < 1.29 is 13.2 Å². The Bertz CT molecular complexity index is 631. The third kappa shape index (κ3) is 3.66. The van der Waals surface area contributed by atoms with Gasteiger partial charge in [0.2, 0.25) is 0 Å². The fourth-order valence-electron chi connectivity index (χ4n) is 2.17. The fourth-order valence-corrected chi connectivity index (χ4v) is 2.51. The van der Waals surface area contributed by atoms with Crippen molar-refractivity contribution in [1.29, 1.82) is 0 Å². The minimum Gasteiger partial charge on any atom is -0.306 e. The van der Waals surface area contributed by atoms with Crippen LogP contribution in [0.5, 0.6) is 0 Å². The molecule has 0 saturated heterocycles. The van der Waals surface area contributed by atoms with Crippen molar-refractivity contribution in [3.63, 3.8) is 0 Å². The van der Waals surface area contributed by atoms with Crippen LogP contribution in [-0.4, -0.2) is 6.54 Å². The normalized spacial score (nSPS) is 12.4. The van der Waals surface area contributed by atoms with Crippen molar-refractivity contribution in [3.8, 4) is 0 Å². The van der Waals surface area contributed by atoms with Crippen LogP contribution in [0.25, 0.3) is 0 Å². The molecule has 2 aromatic rings. The molecule has 0 bridgehead atoms. The van der Waals surface area contributed by atoms with Gasteiger partial charge in [-0.25, -0.2) is 13.2 Å². The number of nitrogens with one attached hydrogen (secondary N) is 1. The van der Waals surface area contributed by atoms with Gasteiger partial charge in [-0.3, -0.25) is 0 Å². The van der Waals surface area contributed by atoms with Crippen LogP contribution in [0.1, 0.15) is 30.5 Å². The van der Waals surface area contributed by atoms with E-state index in [4.69, 9.17) is 0 Å². The van der Waals surface area contributed by atoms with E-state index in [1.54, 1.807) is 6.07 Å². The highest BCUT2D eigenvalue weighted by Gasteiger charge is 2.23. The van der Waals surface area contributed by atoms with Gasteiger partial charge in [0.15, 0.2) is 0 Å². The van der Waals surface area contributed by atoms with Crippen LogP contribution in [-0.2, 0) is 0 Å². The zero-order valence-corrected chi connectivity index (χ0v) is 13.1. The molecule has 1 nitrogen and oxygen atoms in total. The maximum atomic E-state index is 14.3. The molecular formula is C16H15BrF3N. The van der Waals surface area contributed by atoms with Gasteiger partial charge in [0.05, 0.1) is 10.5 Å². The molecule has 2 rings (SSSR count). The summed E-state index contributed by atoms with van der Waals surface area (Å²) >= 11 is 3.06. The van der Waals surface area contributed by atoms with E-state index >= 15 is 0 Å². The summed E-state index contributed by atoms with van der Waals surface area (Å²) in [5.74, 6) is -1.77. The minimum absolute atomic E-state index is 0.108. The molecule has 0 aliphatic heterocycles. The average Bonchev–Trinajstić information content (AvgIpc) is 2.46. The lowest BCUT2D eigenvalue weighted by Gasteiger charge is -2.21. The molecule has 0 amide bonds. The molecule has 0 aromatic heterocycles. The Hall–Kier alpha value is -1.33. The molecule has 0 aliphatic rings. The second-order valence-corrected chi connectivity index (χ2v) is 5.55. The van der Waals surface area contributed by atoms with Gasteiger partial charge in [-0.2, -0.15) is 0 Å². The first-order valence-corrected chi connectivity index (χ1v) is 7.46. The SMILES string of the molecule is CCCNC(c1cccc(F)c1)c1c(F)ccc(Br)c1F. The molecule has 0 heterocycles. The van der Waals surface area contributed by atoms with Crippen LogP contribution in [0.15, 0.2) is 40.9 Å². The van der Waals surface area contributed by atoms with Gasteiger partial charge >= 0.3 is 0 Å². The molecule has 0 radical (unpaired) electrons. The number of benzene rings is 2. The first-order chi connectivity index (χ1) is 10.0. The Labute approximate surface area is 130 Å². The van der Waals surface area contributed by atoms with Crippen LogP contribution in [0, 0.1) is 17.5 Å². The predicted molar refractivity (Wildman–Crippen MR) is 80.6 cm³/mol. The van der Waals surface area contributed by atoms with E-state index in [9.17, 15) is 13.2 Å². The van der Waals surface area contributed by atoms with E-state index in [1.165, 1.54) is 30.3 Å². The molecule has 112 valence electrons. The molecule has 1 unspecified atom stereocenters. The number of hydrogen-bond acceptors (Lipinski definition) is 1. The van der Waals surface area contributed by atoms with E-state index in [2.05, 4.69) is 21.2 Å². The summed E-state index contributed by atoms with van der Waals surface area (Å²) in [7, 11) is 0. The van der Waals surface area contributed by atoms with Crippen molar-refractivity contribution >= 4 is 15.9 Å². The van der Waals surface area contributed by atoms with Gasteiger partial charge in [-0.15, -0.1) is 0 Å². The molecule has 0 saturated carbocycles. The second kappa shape index (κ2) is 7.09. The van der Waals surface area contributed by atoms with Crippen LogP contribution in [0.2, 0.25) is 0 Å². The molecule has 1 N–H and O–H groups in total. The van der Waals surface area contributed by atoms with E-state index in [-0.39, 0.29) is 10.0 Å². The van der Waals surface area contributed by atoms with E-state index < -0.39 is 23.5 Å². The van der Waals surface area contributed by atoms with Crippen LogP contribution in [0.3, 0.4) is 0 Å². The summed E-state index contributed by atoms with van der Waals surface area (Å²) in [5.41, 5.74) is 0.378. The third-order valence-corrected chi connectivity index (χ3v) is 3.76. The van der Waals surface area contributed by atoms with Crippen LogP contribution >= 0.6 is 15.9 Å². The van der Waals surface area contributed by atoms with E-state index in [0.717, 1.165) is 6.42 Å². The minimum atomic E-state index is -0.738. The molecule has 21 heavy (non-hydrogen) atoms. The van der Waals surface area contributed by atoms with Gasteiger partial charge in [-0.05, 0) is 58.7 Å². The lowest BCUT2D eigenvalue weighted by molar-refractivity contribution is 0.498. The lowest BCUT2D eigenvalue weighted by Crippen LogP contribution is -2.25. The first kappa shape index (κ1) is 16.0. The maximum absolute atomic E-state index is 14.3. The highest BCUT2D eigenvalue weighted by atomic mass is 79.9. The van der Waals surface area contributed by atoms with Gasteiger partial charge in [0, 0.05) is 5.56 Å². The molecule has 0 fully saturated rings. The fraction of sp³-hybridized carbons (Fsp3) is 0.250. The highest BCUT2D eigenvalue weighted by molar-refractivity contribution is 9.10. The van der Waals surface area contributed by atoms with E-state index in [0.29, 0.717) is 12.1 Å². The Kier molecular flexibility index (Phi) is 5.42. The second-order valence-electron chi connectivity index (χ2n) is 4.70. The zero-order valence-electron chi connectivity index (χ0n) is 11.5. The summed E-state index contributed by atoms with van der Waals surface area (Å²) in [4.78, 5) is 0. The highest BCUT2D eigenvalue weighted by Crippen LogP contribution is 2.31. The van der Waals surface area contributed by atoms with Crippen molar-refractivity contribution in [3.05, 3.63) is 69.4 Å². The number of halogens is 4. The summed E-state index contributed by atoms with van der Waals surface area (Å²) < 4.78 is 42.0. The molecule has 0 spiro atoms. The molecule has 2 aromatic carbocycles. The predicted octanol–water partition coefficient (Wildman–Crippen LogP) is 4.96. The molecule has 5 heteroatoms. The molecular weight excluding hydrogens is 343 g/mol. The van der Waals surface area contributed by atoms with Crippen LogP contribution < -0.4 is 5.32 Å². The smallest absolute Gasteiger partial charge is 0.145 e. The monoisotopic (exact) mass is 357 g/mol. The average molecular weight is 358 g/mol. The summed E-state index contributed by atoms with van der Waals surface area (Å²) in [6.45, 7) is 2.51. The topological polar surface area (TPSA) is 12.0 Å². The lowest BCUT2D eigenvalue weighted by atomic mass is 9.97. The Balaban J connectivity index is 2.53. The molecule has 1 atom stereocenters. The van der Waals surface area contributed by atoms with Crippen molar-refractivity contribution in [2.45, 2.75) is 19.4 Å². The van der Waals surface area contributed by atoms with Gasteiger partial charge in [0.25, 0.3) is 0 Å². The Morgan fingerprint density at radius 3 is 2.57 bits per heavy atom. The van der Waals surface area contributed by atoms with Gasteiger partial charge < -0.3 is 5.32 Å². The van der Waals surface area contributed by atoms with Crippen molar-refractivity contribution in [2.75, 3.05) is 6.54 Å². The van der Waals surface area contributed by atoms with Crippen LogP contribution in [0.4, 0.5) is 13.2 Å². The van der Waals surface area contributed by atoms with Crippen molar-refractivity contribution in [2.24, 2.45) is 0 Å². The maximum Gasteiger partial charge on any atom is 0.145 e. The summed E-state index contributed by atoms with van der Waals surface area (Å²) in [6, 6.07) is 7.54. The largest absolute Gasteiger partial charge is 0.306 e. The third-order valence-electron chi connectivity index (χ3n) is 3.15. The Morgan fingerprint density at radius 1 is 1.14 bits per heavy atom. The van der Waals surface area contributed by atoms with Gasteiger partial charge in [-0.1, -0.05) is 19.1 Å². The number of hydrogen-bond donors (Lipinski definition) is 1. The zero-order chi connectivity index (χ0) is 15.4. The quantitative estimate of drug-likeness (QED) is 0.746. The summed E-state index contributed by atoms with van der Waals surface area (Å²) in [6.07, 6.45) is 0.795. The number of rotatable bonds is 5. The Morgan fingerprint density at radius 2 is 1.90 bits per heavy atom. The summed E-state index contributed by atoms with van der Waals surface area (Å²) in [5, 5.41) is 3.07. The van der Waals surface area contributed by atoms with Crippen molar-refractivity contribution in [1.82, 2.24) is 5.32 Å². The van der Waals surface area contributed by atoms with E-state index in [1.807, 2.05) is 6.92 Å². The molecule has 0 aliphatic carbocycles. The van der Waals surface area contributed by atoms with Gasteiger partial charge in [0.1, 0.15) is 17.5 Å².